The summed E-state index contributed by atoms with van der Waals surface area (Å²) in [5.74, 6) is -0.871. The largest absolute Gasteiger partial charge is 0.463 e. The van der Waals surface area contributed by atoms with Crippen molar-refractivity contribution in [2.45, 2.75) is 12.8 Å². The highest BCUT2D eigenvalue weighted by atomic mass is 16.6. The van der Waals surface area contributed by atoms with Gasteiger partial charge in [-0.05, 0) is 0 Å². The van der Waals surface area contributed by atoms with Gasteiger partial charge in [0.2, 0.25) is 0 Å². The van der Waals surface area contributed by atoms with Crippen LogP contribution in [-0.4, -0.2) is 68.2 Å². The van der Waals surface area contributed by atoms with Crippen LogP contribution in [0.4, 0.5) is 0 Å². The van der Waals surface area contributed by atoms with Crippen molar-refractivity contribution < 1.29 is 34.0 Å². The molecule has 0 fully saturated rings. The Labute approximate surface area is 106 Å². The van der Waals surface area contributed by atoms with E-state index in [2.05, 4.69) is 0 Å². The Morgan fingerprint density at radius 3 is 2.06 bits per heavy atom. The number of hydrogen-bond acceptors (Lipinski definition) is 7. The third kappa shape index (κ3) is 11.5. The van der Waals surface area contributed by atoms with E-state index in [9.17, 15) is 9.59 Å². The summed E-state index contributed by atoms with van der Waals surface area (Å²) in [6.07, 6.45) is -0.168. The van der Waals surface area contributed by atoms with E-state index in [0.29, 0.717) is 0 Å². The first-order chi connectivity index (χ1) is 8.70. The lowest BCUT2D eigenvalue weighted by atomic mass is 10.2. The molecule has 2 N–H and O–H groups in total. The second-order valence-corrected chi connectivity index (χ2v) is 3.36. The summed E-state index contributed by atoms with van der Waals surface area (Å²) < 4.78 is 14.5. The highest BCUT2D eigenvalue weighted by Crippen LogP contribution is 1.94. The van der Waals surface area contributed by atoms with Gasteiger partial charge in [0.05, 0.1) is 39.6 Å². The topological polar surface area (TPSA) is 102 Å². The number of Topliss-reactive ketones (excluding diaryl/α,β-unsaturated/α-hetero) is 1. The highest BCUT2D eigenvalue weighted by Gasteiger charge is 2.10. The van der Waals surface area contributed by atoms with E-state index in [4.69, 9.17) is 24.4 Å². The van der Waals surface area contributed by atoms with Crippen molar-refractivity contribution in [3.05, 3.63) is 0 Å². The molecule has 0 unspecified atom stereocenters. The zero-order chi connectivity index (χ0) is 13.6. The van der Waals surface area contributed by atoms with E-state index in [1.54, 1.807) is 0 Å². The lowest BCUT2D eigenvalue weighted by Gasteiger charge is -2.05. The number of aliphatic hydroxyl groups is 2. The van der Waals surface area contributed by atoms with E-state index in [1.165, 1.54) is 0 Å². The van der Waals surface area contributed by atoms with Crippen LogP contribution in [0, 0.1) is 0 Å². The number of ketones is 1. The van der Waals surface area contributed by atoms with Crippen molar-refractivity contribution in [3.8, 4) is 0 Å². The second kappa shape index (κ2) is 12.4. The quantitative estimate of drug-likeness (QED) is 0.262. The summed E-state index contributed by atoms with van der Waals surface area (Å²) in [5.41, 5.74) is 0. The Kier molecular flexibility index (Phi) is 11.7. The highest BCUT2D eigenvalue weighted by molar-refractivity contribution is 5.95. The number of rotatable bonds is 12. The Balaban J connectivity index is 3.41. The minimum Gasteiger partial charge on any atom is -0.463 e. The van der Waals surface area contributed by atoms with Gasteiger partial charge in [-0.15, -0.1) is 0 Å². The molecule has 0 aromatic carbocycles. The fourth-order valence-corrected chi connectivity index (χ4v) is 1.03. The van der Waals surface area contributed by atoms with E-state index in [1.807, 2.05) is 0 Å². The molecule has 0 saturated carbocycles. The summed E-state index contributed by atoms with van der Waals surface area (Å²) in [5, 5.41) is 16.8. The predicted molar refractivity (Wildman–Crippen MR) is 61.0 cm³/mol. The van der Waals surface area contributed by atoms with Crippen molar-refractivity contribution in [1.29, 1.82) is 0 Å². The molecule has 0 aliphatic carbocycles. The average molecular weight is 264 g/mol. The molecule has 0 radical (unpaired) electrons. The number of ether oxygens (including phenoxy) is 3. The Morgan fingerprint density at radius 2 is 1.44 bits per heavy atom. The maximum absolute atomic E-state index is 11.2. The third-order valence-corrected chi connectivity index (χ3v) is 1.83. The van der Waals surface area contributed by atoms with Gasteiger partial charge in [0, 0.05) is 6.42 Å². The number of hydrogen-bond donors (Lipinski definition) is 2. The van der Waals surface area contributed by atoms with Crippen LogP contribution in [0.3, 0.4) is 0 Å². The maximum atomic E-state index is 11.2. The molecule has 0 rings (SSSR count). The Morgan fingerprint density at radius 1 is 0.833 bits per heavy atom. The summed E-state index contributed by atoms with van der Waals surface area (Å²) in [7, 11) is 0. The molecular weight excluding hydrogens is 244 g/mol. The zero-order valence-corrected chi connectivity index (χ0v) is 10.3. The summed E-state index contributed by atoms with van der Waals surface area (Å²) >= 11 is 0. The van der Waals surface area contributed by atoms with Crippen LogP contribution in [0.2, 0.25) is 0 Å². The first-order valence-electron chi connectivity index (χ1n) is 5.75. The van der Waals surface area contributed by atoms with Crippen molar-refractivity contribution in [2.75, 3.05) is 46.2 Å². The molecule has 0 aliphatic heterocycles. The van der Waals surface area contributed by atoms with Crippen molar-refractivity contribution in [3.63, 3.8) is 0 Å². The third-order valence-electron chi connectivity index (χ3n) is 1.83. The zero-order valence-electron chi connectivity index (χ0n) is 10.3. The van der Waals surface area contributed by atoms with Gasteiger partial charge in [-0.2, -0.15) is 0 Å². The lowest BCUT2D eigenvalue weighted by Crippen LogP contribution is -2.16. The molecule has 0 aromatic heterocycles. The summed E-state index contributed by atoms with van der Waals surface area (Å²) in [6, 6.07) is 0. The smallest absolute Gasteiger partial charge is 0.313 e. The SMILES string of the molecule is O=C(CCOCCO)CC(=O)OCCOCCO. The van der Waals surface area contributed by atoms with Crippen LogP contribution >= 0.6 is 0 Å². The molecule has 0 atom stereocenters. The molecule has 7 heteroatoms. The van der Waals surface area contributed by atoms with E-state index in [0.717, 1.165) is 0 Å². The molecule has 106 valence electrons. The molecule has 0 aliphatic rings. The second-order valence-electron chi connectivity index (χ2n) is 3.36. The standard InChI is InChI=1S/C11H20O7/c12-2-5-16-4-1-10(14)9-11(15)18-8-7-17-6-3-13/h12-13H,1-9H2. The molecule has 0 heterocycles. The number of carbonyl (C=O) groups excluding carboxylic acids is 2. The predicted octanol–water partition coefficient (Wildman–Crippen LogP) is -1.10. The van der Waals surface area contributed by atoms with E-state index in [-0.39, 0.29) is 64.9 Å². The monoisotopic (exact) mass is 264 g/mol. The van der Waals surface area contributed by atoms with Crippen molar-refractivity contribution >= 4 is 11.8 Å². The van der Waals surface area contributed by atoms with Gasteiger partial charge in [0.15, 0.2) is 0 Å². The van der Waals surface area contributed by atoms with Crippen LogP contribution in [0.1, 0.15) is 12.8 Å². The minimum atomic E-state index is -0.602. The lowest BCUT2D eigenvalue weighted by molar-refractivity contribution is -0.147. The van der Waals surface area contributed by atoms with E-state index < -0.39 is 5.97 Å². The molecule has 0 amide bonds. The van der Waals surface area contributed by atoms with Gasteiger partial charge in [0.1, 0.15) is 18.8 Å². The normalized spacial score (nSPS) is 10.3. The van der Waals surface area contributed by atoms with Crippen LogP contribution in [-0.2, 0) is 23.8 Å². The maximum Gasteiger partial charge on any atom is 0.313 e. The van der Waals surface area contributed by atoms with Gasteiger partial charge in [-0.1, -0.05) is 0 Å². The summed E-state index contributed by atoms with van der Waals surface area (Å²) in [6.45, 7) is 0.641. The molecule has 0 bridgehead atoms. The average Bonchev–Trinajstić information content (AvgIpc) is 2.34. The van der Waals surface area contributed by atoms with Gasteiger partial charge in [-0.3, -0.25) is 9.59 Å². The Bertz CT molecular complexity index is 229. The van der Waals surface area contributed by atoms with Crippen molar-refractivity contribution in [1.82, 2.24) is 0 Å². The van der Waals surface area contributed by atoms with E-state index >= 15 is 0 Å². The van der Waals surface area contributed by atoms with Gasteiger partial charge < -0.3 is 24.4 Å². The molecule has 7 nitrogen and oxygen atoms in total. The first-order valence-corrected chi connectivity index (χ1v) is 5.75. The minimum absolute atomic E-state index is 0.0626. The molecular formula is C11H20O7. The van der Waals surface area contributed by atoms with Crippen molar-refractivity contribution in [2.24, 2.45) is 0 Å². The van der Waals surface area contributed by atoms with Gasteiger partial charge in [0.25, 0.3) is 0 Å². The van der Waals surface area contributed by atoms with Gasteiger partial charge >= 0.3 is 5.97 Å². The molecule has 0 aromatic rings. The van der Waals surface area contributed by atoms with Gasteiger partial charge in [-0.25, -0.2) is 0 Å². The molecule has 0 spiro atoms. The van der Waals surface area contributed by atoms with Crippen LogP contribution in [0.5, 0.6) is 0 Å². The number of carbonyl (C=O) groups is 2. The van der Waals surface area contributed by atoms with Crippen LogP contribution in [0.15, 0.2) is 0 Å². The first kappa shape index (κ1) is 17.0. The number of esters is 1. The fraction of sp³-hybridized carbons (Fsp3) is 0.818. The van der Waals surface area contributed by atoms with Crippen LogP contribution < -0.4 is 0 Å². The Hall–Kier alpha value is -1.02. The molecule has 18 heavy (non-hydrogen) atoms. The molecule has 0 saturated heterocycles. The summed E-state index contributed by atoms with van der Waals surface area (Å²) in [4.78, 5) is 22.4. The fourth-order valence-electron chi connectivity index (χ4n) is 1.03. The van der Waals surface area contributed by atoms with Crippen LogP contribution in [0.25, 0.3) is 0 Å². The number of aliphatic hydroxyl groups excluding tert-OH is 2.